The molecule has 21 heavy (non-hydrogen) atoms. The van der Waals surface area contributed by atoms with Crippen LogP contribution in [0.25, 0.3) is 0 Å². The number of hydrogen-bond acceptors (Lipinski definition) is 3. The van der Waals surface area contributed by atoms with Crippen LogP contribution >= 0.6 is 0 Å². The molecule has 2 rings (SSSR count). The Kier molecular flexibility index (Phi) is 5.23. The molecular formula is C17H26N2O2. The Morgan fingerprint density at radius 2 is 2.00 bits per heavy atom. The van der Waals surface area contributed by atoms with Gasteiger partial charge in [0.25, 0.3) is 0 Å². The third-order valence-corrected chi connectivity index (χ3v) is 4.43. The first-order valence-electron chi connectivity index (χ1n) is 7.83. The largest absolute Gasteiger partial charge is 0.496 e. The summed E-state index contributed by atoms with van der Waals surface area (Å²) in [6.07, 6.45) is 5.62. The van der Waals surface area contributed by atoms with E-state index in [-0.39, 0.29) is 11.9 Å². The second-order valence-electron chi connectivity index (χ2n) is 5.89. The van der Waals surface area contributed by atoms with Crippen LogP contribution in [0.2, 0.25) is 0 Å². The van der Waals surface area contributed by atoms with Crippen LogP contribution in [0.15, 0.2) is 24.3 Å². The number of nitrogens with one attached hydrogen (secondary N) is 1. The van der Waals surface area contributed by atoms with E-state index in [4.69, 9.17) is 10.5 Å². The number of amides is 1. The van der Waals surface area contributed by atoms with E-state index in [9.17, 15) is 4.79 Å². The van der Waals surface area contributed by atoms with Gasteiger partial charge in [-0.05, 0) is 25.3 Å². The summed E-state index contributed by atoms with van der Waals surface area (Å²) in [5.74, 6) is 0.777. The molecule has 1 aromatic carbocycles. The molecule has 1 amide bonds. The minimum atomic E-state index is -0.701. The van der Waals surface area contributed by atoms with Crippen molar-refractivity contribution in [1.82, 2.24) is 5.32 Å². The summed E-state index contributed by atoms with van der Waals surface area (Å²) in [5.41, 5.74) is 6.62. The van der Waals surface area contributed by atoms with Crippen molar-refractivity contribution in [3.8, 4) is 5.75 Å². The third kappa shape index (κ3) is 3.56. The van der Waals surface area contributed by atoms with Gasteiger partial charge < -0.3 is 15.8 Å². The topological polar surface area (TPSA) is 64.4 Å². The van der Waals surface area contributed by atoms with Crippen LogP contribution in [-0.2, 0) is 4.79 Å². The van der Waals surface area contributed by atoms with Gasteiger partial charge in [-0.1, -0.05) is 44.4 Å². The quantitative estimate of drug-likeness (QED) is 0.876. The highest BCUT2D eigenvalue weighted by molar-refractivity contribution is 5.86. The van der Waals surface area contributed by atoms with Crippen LogP contribution < -0.4 is 15.8 Å². The summed E-state index contributed by atoms with van der Waals surface area (Å²) >= 11 is 0. The second kappa shape index (κ2) is 6.94. The summed E-state index contributed by atoms with van der Waals surface area (Å²) in [6, 6.07) is 7.75. The van der Waals surface area contributed by atoms with Crippen molar-refractivity contribution in [3.63, 3.8) is 0 Å². The highest BCUT2D eigenvalue weighted by atomic mass is 16.5. The molecule has 0 radical (unpaired) electrons. The van der Waals surface area contributed by atoms with Crippen LogP contribution in [0.4, 0.5) is 0 Å². The van der Waals surface area contributed by atoms with Gasteiger partial charge in [-0.3, -0.25) is 4.79 Å². The SMILES string of the molecule is CCC(NC(=O)C1(N)CCCCC1)c1ccccc1OC. The minimum Gasteiger partial charge on any atom is -0.496 e. The van der Waals surface area contributed by atoms with Crippen LogP contribution in [0, 0.1) is 0 Å². The van der Waals surface area contributed by atoms with Crippen LogP contribution in [0.1, 0.15) is 57.1 Å². The molecule has 1 aliphatic carbocycles. The van der Waals surface area contributed by atoms with Gasteiger partial charge in [-0.2, -0.15) is 0 Å². The lowest BCUT2D eigenvalue weighted by Crippen LogP contribution is -2.55. The molecule has 0 saturated heterocycles. The standard InChI is InChI=1S/C17H26N2O2/c1-3-14(13-9-5-6-10-15(13)21-2)19-16(20)17(18)11-7-4-8-12-17/h5-6,9-10,14H,3-4,7-8,11-12,18H2,1-2H3,(H,19,20). The molecule has 1 saturated carbocycles. The summed E-state index contributed by atoms with van der Waals surface area (Å²) in [4.78, 5) is 12.6. The van der Waals surface area contributed by atoms with Crippen molar-refractivity contribution >= 4 is 5.91 Å². The van der Waals surface area contributed by atoms with Crippen molar-refractivity contribution in [3.05, 3.63) is 29.8 Å². The summed E-state index contributed by atoms with van der Waals surface area (Å²) in [5, 5.41) is 3.12. The molecule has 0 aromatic heterocycles. The monoisotopic (exact) mass is 290 g/mol. The maximum Gasteiger partial charge on any atom is 0.240 e. The van der Waals surface area contributed by atoms with E-state index in [1.165, 1.54) is 6.42 Å². The van der Waals surface area contributed by atoms with Gasteiger partial charge in [-0.15, -0.1) is 0 Å². The smallest absolute Gasteiger partial charge is 0.240 e. The first kappa shape index (κ1) is 15.8. The Bertz CT molecular complexity index is 481. The summed E-state index contributed by atoms with van der Waals surface area (Å²) < 4.78 is 5.40. The molecule has 1 aromatic rings. The summed E-state index contributed by atoms with van der Waals surface area (Å²) in [7, 11) is 1.65. The first-order valence-corrected chi connectivity index (χ1v) is 7.83. The number of rotatable bonds is 5. The fourth-order valence-electron chi connectivity index (χ4n) is 3.07. The Hall–Kier alpha value is -1.55. The lowest BCUT2D eigenvalue weighted by Gasteiger charge is -2.33. The molecule has 116 valence electrons. The molecule has 0 bridgehead atoms. The molecule has 3 N–H and O–H groups in total. The van der Waals surface area contributed by atoms with E-state index in [1.807, 2.05) is 24.3 Å². The fourth-order valence-corrected chi connectivity index (χ4v) is 3.07. The number of methoxy groups -OCH3 is 1. The van der Waals surface area contributed by atoms with Crippen molar-refractivity contribution in [2.45, 2.75) is 57.0 Å². The lowest BCUT2D eigenvalue weighted by molar-refractivity contribution is -0.128. The molecule has 4 heteroatoms. The molecular weight excluding hydrogens is 264 g/mol. The van der Waals surface area contributed by atoms with E-state index in [1.54, 1.807) is 7.11 Å². The molecule has 1 fully saturated rings. The molecule has 0 spiro atoms. The number of ether oxygens (including phenoxy) is 1. The van der Waals surface area contributed by atoms with Crippen molar-refractivity contribution in [1.29, 1.82) is 0 Å². The fraction of sp³-hybridized carbons (Fsp3) is 0.588. The predicted octanol–water partition coefficient (Wildman–Crippen LogP) is 2.92. The summed E-state index contributed by atoms with van der Waals surface area (Å²) in [6.45, 7) is 2.06. The molecule has 4 nitrogen and oxygen atoms in total. The Balaban J connectivity index is 2.13. The number of carbonyl (C=O) groups excluding carboxylic acids is 1. The third-order valence-electron chi connectivity index (χ3n) is 4.43. The van der Waals surface area contributed by atoms with E-state index in [0.29, 0.717) is 0 Å². The van der Waals surface area contributed by atoms with Gasteiger partial charge in [0, 0.05) is 5.56 Å². The zero-order valence-electron chi connectivity index (χ0n) is 13.0. The first-order chi connectivity index (χ1) is 10.1. The lowest BCUT2D eigenvalue weighted by atomic mass is 9.81. The molecule has 0 aliphatic heterocycles. The van der Waals surface area contributed by atoms with Gasteiger partial charge >= 0.3 is 0 Å². The zero-order chi connectivity index (χ0) is 15.3. The van der Waals surface area contributed by atoms with Gasteiger partial charge in [-0.25, -0.2) is 0 Å². The Morgan fingerprint density at radius 1 is 1.33 bits per heavy atom. The van der Waals surface area contributed by atoms with Crippen LogP contribution in [-0.4, -0.2) is 18.6 Å². The van der Waals surface area contributed by atoms with E-state index < -0.39 is 5.54 Å². The van der Waals surface area contributed by atoms with E-state index >= 15 is 0 Å². The normalized spacial score (nSPS) is 18.8. The van der Waals surface area contributed by atoms with Crippen LogP contribution in [0.5, 0.6) is 5.75 Å². The number of carbonyl (C=O) groups is 1. The van der Waals surface area contributed by atoms with Gasteiger partial charge in [0.2, 0.25) is 5.91 Å². The number of hydrogen-bond donors (Lipinski definition) is 2. The Morgan fingerprint density at radius 3 is 2.62 bits per heavy atom. The van der Waals surface area contributed by atoms with Gasteiger partial charge in [0.1, 0.15) is 5.75 Å². The Labute approximate surface area is 127 Å². The number of benzene rings is 1. The second-order valence-corrected chi connectivity index (χ2v) is 5.89. The van der Waals surface area contributed by atoms with Crippen LogP contribution in [0.3, 0.4) is 0 Å². The van der Waals surface area contributed by atoms with Crippen molar-refractivity contribution in [2.24, 2.45) is 5.73 Å². The average Bonchev–Trinajstić information content (AvgIpc) is 2.53. The molecule has 1 aliphatic rings. The van der Waals surface area contributed by atoms with Gasteiger partial charge in [0.05, 0.1) is 18.7 Å². The van der Waals surface area contributed by atoms with Crippen molar-refractivity contribution < 1.29 is 9.53 Å². The molecule has 0 heterocycles. The van der Waals surface area contributed by atoms with E-state index in [0.717, 1.165) is 43.4 Å². The highest BCUT2D eigenvalue weighted by Crippen LogP contribution is 2.30. The molecule has 1 atom stereocenters. The average molecular weight is 290 g/mol. The van der Waals surface area contributed by atoms with E-state index in [2.05, 4.69) is 12.2 Å². The maximum absolute atomic E-state index is 12.6. The number of para-hydroxylation sites is 1. The molecule has 1 unspecified atom stereocenters. The maximum atomic E-state index is 12.6. The van der Waals surface area contributed by atoms with Gasteiger partial charge in [0.15, 0.2) is 0 Å². The minimum absolute atomic E-state index is 0.0278. The van der Waals surface area contributed by atoms with Crippen molar-refractivity contribution in [2.75, 3.05) is 7.11 Å². The predicted molar refractivity (Wildman–Crippen MR) is 84.2 cm³/mol. The zero-order valence-corrected chi connectivity index (χ0v) is 13.0. The number of nitrogens with two attached hydrogens (primary N) is 1. The highest BCUT2D eigenvalue weighted by Gasteiger charge is 2.36.